The molecule has 0 aliphatic carbocycles. The zero-order valence-corrected chi connectivity index (χ0v) is 18.2. The van der Waals surface area contributed by atoms with Gasteiger partial charge in [0.25, 0.3) is 5.56 Å². The van der Waals surface area contributed by atoms with Gasteiger partial charge in [0.2, 0.25) is 5.89 Å². The smallest absolute Gasteiger partial charge is 0.262 e. The maximum absolute atomic E-state index is 12.6. The number of para-hydroxylation sites is 1. The van der Waals surface area contributed by atoms with E-state index in [9.17, 15) is 4.79 Å². The Kier molecular flexibility index (Phi) is 5.54. The molecule has 166 valence electrons. The Morgan fingerprint density at radius 1 is 1.12 bits per heavy atom. The molecule has 0 radical (unpaired) electrons. The van der Waals surface area contributed by atoms with Gasteiger partial charge in [0.15, 0.2) is 11.5 Å². The number of benzene rings is 1. The van der Waals surface area contributed by atoms with Crippen LogP contribution in [-0.2, 0) is 13.0 Å². The van der Waals surface area contributed by atoms with Crippen molar-refractivity contribution >= 4 is 11.0 Å². The molecule has 4 aromatic rings. The van der Waals surface area contributed by atoms with Gasteiger partial charge in [-0.25, -0.2) is 9.67 Å². The second kappa shape index (κ2) is 8.64. The van der Waals surface area contributed by atoms with Crippen molar-refractivity contribution in [1.29, 1.82) is 0 Å². The van der Waals surface area contributed by atoms with E-state index in [1.165, 1.54) is 0 Å². The Bertz CT molecular complexity index is 1250. The number of nitrogens with one attached hydrogen (secondary N) is 1. The van der Waals surface area contributed by atoms with Crippen molar-refractivity contribution in [1.82, 2.24) is 39.7 Å². The van der Waals surface area contributed by atoms with E-state index in [2.05, 4.69) is 36.9 Å². The Morgan fingerprint density at radius 3 is 2.62 bits per heavy atom. The standard InChI is InChI=1S/C22H26N8O2/c1-3-18-26-22(32-27-18)15(2)29-11-9-28(10-12-29)14-19-24-20-17(21(31)25-19)13-23-30(20)16-7-5-4-6-8-16/h4-8,13,15H,3,9-12,14H2,1-2H3,(H,24,25,31). The molecule has 0 amide bonds. The summed E-state index contributed by atoms with van der Waals surface area (Å²) in [5.41, 5.74) is 1.29. The van der Waals surface area contributed by atoms with Crippen LogP contribution >= 0.6 is 0 Å². The van der Waals surface area contributed by atoms with Crippen molar-refractivity contribution in [2.24, 2.45) is 0 Å². The van der Waals surface area contributed by atoms with Crippen LogP contribution in [0.3, 0.4) is 0 Å². The molecule has 1 aliphatic heterocycles. The van der Waals surface area contributed by atoms with Crippen LogP contribution in [0.5, 0.6) is 0 Å². The molecular formula is C22H26N8O2. The number of hydrogen-bond donors (Lipinski definition) is 1. The number of aryl methyl sites for hydroxylation is 1. The molecule has 0 bridgehead atoms. The fourth-order valence-electron chi connectivity index (χ4n) is 4.05. The van der Waals surface area contributed by atoms with Gasteiger partial charge >= 0.3 is 0 Å². The van der Waals surface area contributed by atoms with Gasteiger partial charge in [-0.15, -0.1) is 0 Å². The minimum Gasteiger partial charge on any atom is -0.338 e. The summed E-state index contributed by atoms with van der Waals surface area (Å²) in [5, 5.41) is 8.87. The van der Waals surface area contributed by atoms with Gasteiger partial charge < -0.3 is 9.51 Å². The third kappa shape index (κ3) is 3.94. The molecule has 1 N–H and O–H groups in total. The molecule has 1 fully saturated rings. The van der Waals surface area contributed by atoms with Crippen LogP contribution < -0.4 is 5.56 Å². The minimum absolute atomic E-state index is 0.0828. The first-order chi connectivity index (χ1) is 15.6. The quantitative estimate of drug-likeness (QED) is 0.490. The minimum atomic E-state index is -0.164. The van der Waals surface area contributed by atoms with Crippen LogP contribution in [0.25, 0.3) is 16.7 Å². The number of aromatic amines is 1. The lowest BCUT2D eigenvalue weighted by Gasteiger charge is -2.36. The molecule has 10 heteroatoms. The van der Waals surface area contributed by atoms with Gasteiger partial charge in [0.1, 0.15) is 11.2 Å². The molecular weight excluding hydrogens is 408 g/mol. The fraction of sp³-hybridized carbons (Fsp3) is 0.409. The molecule has 1 aliphatic rings. The lowest BCUT2D eigenvalue weighted by Crippen LogP contribution is -2.47. The third-order valence-corrected chi connectivity index (χ3v) is 5.97. The molecule has 3 aromatic heterocycles. The molecule has 32 heavy (non-hydrogen) atoms. The summed E-state index contributed by atoms with van der Waals surface area (Å²) in [6, 6.07) is 9.80. The Hall–Kier alpha value is -3.37. The van der Waals surface area contributed by atoms with Crippen molar-refractivity contribution in [3.8, 4) is 5.69 Å². The highest BCUT2D eigenvalue weighted by atomic mass is 16.5. The number of rotatable bonds is 6. The van der Waals surface area contributed by atoms with Crippen LogP contribution in [-0.4, -0.2) is 65.9 Å². The van der Waals surface area contributed by atoms with E-state index in [1.807, 2.05) is 37.3 Å². The summed E-state index contributed by atoms with van der Waals surface area (Å²) in [6.45, 7) is 8.16. The highest BCUT2D eigenvalue weighted by molar-refractivity contribution is 5.75. The maximum atomic E-state index is 12.6. The number of fused-ring (bicyclic) bond motifs is 1. The maximum Gasteiger partial charge on any atom is 0.262 e. The topological polar surface area (TPSA) is 109 Å². The van der Waals surface area contributed by atoms with Gasteiger partial charge in [0, 0.05) is 32.6 Å². The van der Waals surface area contributed by atoms with Gasteiger partial charge in [-0.1, -0.05) is 30.3 Å². The normalized spacial score (nSPS) is 16.6. The van der Waals surface area contributed by atoms with Crippen LogP contribution in [0.15, 0.2) is 45.8 Å². The van der Waals surface area contributed by atoms with E-state index >= 15 is 0 Å². The Labute approximate surface area is 184 Å². The Morgan fingerprint density at radius 2 is 1.91 bits per heavy atom. The second-order valence-corrected chi connectivity index (χ2v) is 8.03. The Balaban J connectivity index is 1.29. The number of hydrogen-bond acceptors (Lipinski definition) is 8. The number of piperazine rings is 1. The molecule has 10 nitrogen and oxygen atoms in total. The average Bonchev–Trinajstić information content (AvgIpc) is 3.47. The van der Waals surface area contributed by atoms with Crippen LogP contribution in [0, 0.1) is 0 Å². The van der Waals surface area contributed by atoms with Crippen LogP contribution in [0.2, 0.25) is 0 Å². The van der Waals surface area contributed by atoms with Crippen molar-refractivity contribution in [2.75, 3.05) is 26.2 Å². The van der Waals surface area contributed by atoms with E-state index in [0.29, 0.717) is 29.3 Å². The molecule has 1 aromatic carbocycles. The predicted molar refractivity (Wildman–Crippen MR) is 118 cm³/mol. The zero-order chi connectivity index (χ0) is 22.1. The number of H-pyrrole nitrogens is 1. The molecule has 0 saturated carbocycles. The largest absolute Gasteiger partial charge is 0.338 e. The van der Waals surface area contributed by atoms with Gasteiger partial charge in [-0.05, 0) is 19.1 Å². The summed E-state index contributed by atoms with van der Waals surface area (Å²) in [6.07, 6.45) is 2.34. The first-order valence-electron chi connectivity index (χ1n) is 10.9. The first-order valence-corrected chi connectivity index (χ1v) is 10.9. The van der Waals surface area contributed by atoms with Crippen LogP contribution in [0.4, 0.5) is 0 Å². The zero-order valence-electron chi connectivity index (χ0n) is 18.2. The second-order valence-electron chi connectivity index (χ2n) is 8.03. The summed E-state index contributed by atoms with van der Waals surface area (Å²) in [7, 11) is 0. The molecule has 5 rings (SSSR count). The van der Waals surface area contributed by atoms with E-state index in [4.69, 9.17) is 9.51 Å². The molecule has 1 atom stereocenters. The van der Waals surface area contributed by atoms with Crippen molar-refractivity contribution in [3.63, 3.8) is 0 Å². The van der Waals surface area contributed by atoms with Gasteiger partial charge in [-0.3, -0.25) is 14.6 Å². The van der Waals surface area contributed by atoms with E-state index in [1.54, 1.807) is 10.9 Å². The lowest BCUT2D eigenvalue weighted by molar-refractivity contribution is 0.0831. The first kappa shape index (κ1) is 20.5. The van der Waals surface area contributed by atoms with E-state index in [0.717, 1.165) is 44.1 Å². The summed E-state index contributed by atoms with van der Waals surface area (Å²) < 4.78 is 7.12. The monoisotopic (exact) mass is 434 g/mol. The predicted octanol–water partition coefficient (Wildman–Crippen LogP) is 1.93. The van der Waals surface area contributed by atoms with Crippen LogP contribution in [0.1, 0.15) is 37.4 Å². The summed E-state index contributed by atoms with van der Waals surface area (Å²) >= 11 is 0. The number of aromatic nitrogens is 6. The average molecular weight is 435 g/mol. The van der Waals surface area contributed by atoms with E-state index in [-0.39, 0.29) is 11.6 Å². The van der Waals surface area contributed by atoms with Gasteiger partial charge in [-0.2, -0.15) is 10.1 Å². The molecule has 4 heterocycles. The highest BCUT2D eigenvalue weighted by Crippen LogP contribution is 2.21. The van der Waals surface area contributed by atoms with Crippen molar-refractivity contribution in [3.05, 3.63) is 64.4 Å². The van der Waals surface area contributed by atoms with Crippen molar-refractivity contribution < 1.29 is 4.52 Å². The lowest BCUT2D eigenvalue weighted by atomic mass is 10.2. The summed E-state index contributed by atoms with van der Waals surface area (Å²) in [5.74, 6) is 2.05. The summed E-state index contributed by atoms with van der Waals surface area (Å²) in [4.78, 5) is 29.4. The number of nitrogens with zero attached hydrogens (tertiary/aromatic N) is 7. The van der Waals surface area contributed by atoms with Gasteiger partial charge in [0.05, 0.1) is 24.5 Å². The SMILES string of the molecule is CCc1noc(C(C)N2CCN(Cc3nc4c(cnn4-c4ccccc4)c(=O)[nH]3)CC2)n1. The highest BCUT2D eigenvalue weighted by Gasteiger charge is 2.26. The van der Waals surface area contributed by atoms with Crippen molar-refractivity contribution in [2.45, 2.75) is 32.9 Å². The molecule has 1 saturated heterocycles. The van der Waals surface area contributed by atoms with E-state index < -0.39 is 0 Å². The fourth-order valence-corrected chi connectivity index (χ4v) is 4.05. The third-order valence-electron chi connectivity index (χ3n) is 5.97. The molecule has 0 spiro atoms. The molecule has 1 unspecified atom stereocenters.